The fourth-order valence-electron chi connectivity index (χ4n) is 4.56. The van der Waals surface area contributed by atoms with Gasteiger partial charge in [-0.3, -0.25) is 9.59 Å². The fraction of sp³-hybridized carbons (Fsp3) is 0.241. The number of carbonyl (C=O) groups is 2. The number of fused-ring (bicyclic) bond motifs is 1. The minimum absolute atomic E-state index is 0.131. The van der Waals surface area contributed by atoms with Gasteiger partial charge in [0.05, 0.1) is 19.4 Å². The number of hydrogen-bond donors (Lipinski definition) is 1. The highest BCUT2D eigenvalue weighted by molar-refractivity contribution is 6.14. The van der Waals surface area contributed by atoms with Crippen LogP contribution in [0.2, 0.25) is 0 Å². The fourth-order valence-corrected chi connectivity index (χ4v) is 4.56. The smallest absolute Gasteiger partial charge is 0.291 e. The lowest BCUT2D eigenvalue weighted by Gasteiger charge is -2.36. The van der Waals surface area contributed by atoms with E-state index in [2.05, 4.69) is 10.2 Å². The van der Waals surface area contributed by atoms with Crippen molar-refractivity contribution in [1.29, 1.82) is 0 Å². The Kier molecular flexibility index (Phi) is 6.98. The number of rotatable bonds is 7. The van der Waals surface area contributed by atoms with Crippen LogP contribution in [0, 0.1) is 0 Å². The zero-order chi connectivity index (χ0) is 25.8. The van der Waals surface area contributed by atoms with E-state index < -0.39 is 0 Å². The van der Waals surface area contributed by atoms with Crippen molar-refractivity contribution in [3.63, 3.8) is 0 Å². The van der Waals surface area contributed by atoms with Crippen LogP contribution in [0.5, 0.6) is 11.5 Å². The molecule has 3 aromatic carbocycles. The van der Waals surface area contributed by atoms with Crippen molar-refractivity contribution in [3.8, 4) is 11.5 Å². The van der Waals surface area contributed by atoms with Gasteiger partial charge in [-0.15, -0.1) is 0 Å². The van der Waals surface area contributed by atoms with Crippen LogP contribution in [0.1, 0.15) is 27.8 Å². The summed E-state index contributed by atoms with van der Waals surface area (Å²) in [5.74, 6) is 1.04. The number of nitrogens with zero attached hydrogens (tertiary/aromatic N) is 2. The van der Waals surface area contributed by atoms with Crippen LogP contribution >= 0.6 is 0 Å². The number of amides is 2. The molecular formula is C29H29N3O5. The van der Waals surface area contributed by atoms with Gasteiger partial charge in [0.25, 0.3) is 11.8 Å². The van der Waals surface area contributed by atoms with Crippen molar-refractivity contribution in [2.24, 2.45) is 0 Å². The lowest BCUT2D eigenvalue weighted by Crippen LogP contribution is -2.49. The van der Waals surface area contributed by atoms with Crippen molar-refractivity contribution in [1.82, 2.24) is 4.90 Å². The molecule has 1 aliphatic rings. The zero-order valence-corrected chi connectivity index (χ0v) is 20.9. The Labute approximate surface area is 215 Å². The first-order chi connectivity index (χ1) is 18.1. The van der Waals surface area contributed by atoms with Crippen LogP contribution in [-0.4, -0.2) is 56.6 Å². The zero-order valence-electron chi connectivity index (χ0n) is 20.9. The standard InChI is InChI=1S/C29H29N3O5/c1-3-36-21-14-12-20(13-15-21)28(33)30-26-22-8-4-6-10-24(22)37-27(26)29(34)32-18-16-31(17-19-32)23-9-5-7-11-25(23)35-2/h4-15H,3,16-19H2,1-2H3,(H,30,33). The van der Waals surface area contributed by atoms with Gasteiger partial charge in [0.15, 0.2) is 0 Å². The van der Waals surface area contributed by atoms with Crippen molar-refractivity contribution < 1.29 is 23.5 Å². The normalized spacial score (nSPS) is 13.5. The Morgan fingerprint density at radius 1 is 0.919 bits per heavy atom. The van der Waals surface area contributed by atoms with Gasteiger partial charge in [0.2, 0.25) is 5.76 Å². The topological polar surface area (TPSA) is 84.2 Å². The van der Waals surface area contributed by atoms with E-state index in [1.165, 1.54) is 0 Å². The third-order valence-corrected chi connectivity index (χ3v) is 6.45. The van der Waals surface area contributed by atoms with Crippen LogP contribution in [-0.2, 0) is 0 Å². The summed E-state index contributed by atoms with van der Waals surface area (Å²) < 4.78 is 17.0. The first kappa shape index (κ1) is 24.2. The second kappa shape index (κ2) is 10.7. The lowest BCUT2D eigenvalue weighted by molar-refractivity contribution is 0.0718. The third kappa shape index (κ3) is 4.95. The van der Waals surface area contributed by atoms with Crippen LogP contribution in [0.25, 0.3) is 11.0 Å². The van der Waals surface area contributed by atoms with Gasteiger partial charge in [-0.25, -0.2) is 0 Å². The molecule has 8 nitrogen and oxygen atoms in total. The maximum absolute atomic E-state index is 13.6. The molecule has 1 N–H and O–H groups in total. The van der Waals surface area contributed by atoms with Crippen LogP contribution < -0.4 is 19.7 Å². The van der Waals surface area contributed by atoms with E-state index in [9.17, 15) is 9.59 Å². The highest BCUT2D eigenvalue weighted by atomic mass is 16.5. The molecule has 0 spiro atoms. The molecule has 0 atom stereocenters. The summed E-state index contributed by atoms with van der Waals surface area (Å²) >= 11 is 0. The highest BCUT2D eigenvalue weighted by Crippen LogP contribution is 2.33. The molecule has 2 amide bonds. The first-order valence-corrected chi connectivity index (χ1v) is 12.3. The quantitative estimate of drug-likeness (QED) is 0.383. The van der Waals surface area contributed by atoms with Gasteiger partial charge in [-0.05, 0) is 55.5 Å². The van der Waals surface area contributed by atoms with Gasteiger partial charge < -0.3 is 29.0 Å². The number of anilines is 2. The molecule has 1 aromatic heterocycles. The summed E-state index contributed by atoms with van der Waals surface area (Å²) in [7, 11) is 1.66. The molecule has 0 aliphatic carbocycles. The van der Waals surface area contributed by atoms with Gasteiger partial charge in [-0.2, -0.15) is 0 Å². The van der Waals surface area contributed by atoms with Crippen molar-refractivity contribution >= 4 is 34.2 Å². The van der Waals surface area contributed by atoms with Crippen LogP contribution in [0.15, 0.2) is 77.2 Å². The molecule has 0 unspecified atom stereocenters. The number of para-hydroxylation sites is 3. The summed E-state index contributed by atoms with van der Waals surface area (Å²) in [6, 6.07) is 22.1. The van der Waals surface area contributed by atoms with E-state index in [0.717, 1.165) is 11.4 Å². The molecule has 0 radical (unpaired) electrons. The predicted molar refractivity (Wildman–Crippen MR) is 143 cm³/mol. The molecule has 5 rings (SSSR count). The van der Waals surface area contributed by atoms with E-state index in [-0.39, 0.29) is 17.6 Å². The van der Waals surface area contributed by atoms with E-state index in [4.69, 9.17) is 13.9 Å². The second-order valence-electron chi connectivity index (χ2n) is 8.66. The van der Waals surface area contributed by atoms with Crippen molar-refractivity contribution in [2.75, 3.05) is 50.1 Å². The molecule has 4 aromatic rings. The van der Waals surface area contributed by atoms with Crippen molar-refractivity contribution in [2.45, 2.75) is 6.92 Å². The summed E-state index contributed by atoms with van der Waals surface area (Å²) in [6.07, 6.45) is 0. The van der Waals surface area contributed by atoms with E-state index in [1.54, 1.807) is 42.3 Å². The predicted octanol–water partition coefficient (Wildman–Crippen LogP) is 5.05. The second-order valence-corrected chi connectivity index (χ2v) is 8.66. The summed E-state index contributed by atoms with van der Waals surface area (Å²) in [4.78, 5) is 30.7. The molecule has 1 fully saturated rings. The number of piperazine rings is 1. The number of methoxy groups -OCH3 is 1. The summed E-state index contributed by atoms with van der Waals surface area (Å²) in [5, 5.41) is 3.60. The molecule has 0 bridgehead atoms. The number of nitrogens with one attached hydrogen (secondary N) is 1. The Hall–Kier alpha value is -4.46. The maximum Gasteiger partial charge on any atom is 0.291 e. The van der Waals surface area contributed by atoms with Crippen LogP contribution in [0.3, 0.4) is 0 Å². The Morgan fingerprint density at radius 3 is 2.35 bits per heavy atom. The number of ether oxygens (including phenoxy) is 2. The number of hydrogen-bond acceptors (Lipinski definition) is 6. The molecular weight excluding hydrogens is 470 g/mol. The molecule has 2 heterocycles. The van der Waals surface area contributed by atoms with Crippen LogP contribution in [0.4, 0.5) is 11.4 Å². The van der Waals surface area contributed by atoms with E-state index in [0.29, 0.717) is 60.8 Å². The van der Waals surface area contributed by atoms with Gasteiger partial charge in [0.1, 0.15) is 22.8 Å². The molecule has 0 saturated carbocycles. The average Bonchev–Trinajstić information content (AvgIpc) is 3.31. The molecule has 37 heavy (non-hydrogen) atoms. The molecule has 1 saturated heterocycles. The minimum Gasteiger partial charge on any atom is -0.495 e. The lowest BCUT2D eigenvalue weighted by atomic mass is 10.1. The SMILES string of the molecule is CCOc1ccc(C(=O)Nc2c(C(=O)N3CCN(c4ccccc4OC)CC3)oc3ccccc23)cc1. The summed E-state index contributed by atoms with van der Waals surface area (Å²) in [6.45, 7) is 4.79. The monoisotopic (exact) mass is 499 g/mol. The Bertz CT molecular complexity index is 1400. The van der Waals surface area contributed by atoms with Gasteiger partial charge in [0, 0.05) is 37.1 Å². The number of furan rings is 1. The van der Waals surface area contributed by atoms with Gasteiger partial charge >= 0.3 is 0 Å². The first-order valence-electron chi connectivity index (χ1n) is 12.3. The largest absolute Gasteiger partial charge is 0.495 e. The number of carbonyl (C=O) groups excluding carboxylic acids is 2. The Morgan fingerprint density at radius 2 is 1.62 bits per heavy atom. The minimum atomic E-state index is -0.329. The van der Waals surface area contributed by atoms with E-state index >= 15 is 0 Å². The molecule has 8 heteroatoms. The maximum atomic E-state index is 13.6. The highest BCUT2D eigenvalue weighted by Gasteiger charge is 2.29. The molecule has 190 valence electrons. The van der Waals surface area contributed by atoms with E-state index in [1.807, 2.05) is 49.4 Å². The van der Waals surface area contributed by atoms with Gasteiger partial charge in [-0.1, -0.05) is 24.3 Å². The number of benzene rings is 3. The average molecular weight is 500 g/mol. The Balaban J connectivity index is 1.36. The molecule has 1 aliphatic heterocycles. The van der Waals surface area contributed by atoms with Crippen molar-refractivity contribution in [3.05, 3.63) is 84.1 Å². The summed E-state index contributed by atoms with van der Waals surface area (Å²) in [5.41, 5.74) is 2.38. The third-order valence-electron chi connectivity index (χ3n) is 6.45.